The van der Waals surface area contributed by atoms with Crippen LogP contribution in [0.1, 0.15) is 41.6 Å². The number of methoxy groups -OCH3 is 1. The Kier molecular flexibility index (Phi) is 4.79. The molecular weight excluding hydrogens is 336 g/mol. The molecule has 2 aromatic rings. The predicted octanol–water partition coefficient (Wildman–Crippen LogP) is 2.81. The van der Waals surface area contributed by atoms with E-state index in [1.54, 1.807) is 6.07 Å². The number of furan rings is 1. The fourth-order valence-electron chi connectivity index (χ4n) is 3.21. The molecule has 0 radical (unpaired) electrons. The minimum atomic E-state index is -1.08. The molecule has 1 aliphatic heterocycles. The number of amides is 3. The Labute approximate surface area is 150 Å². The molecule has 1 aliphatic rings. The molecule has 1 aromatic carbocycles. The molecule has 7 heteroatoms. The first kappa shape index (κ1) is 17.7. The van der Waals surface area contributed by atoms with Gasteiger partial charge in [0.2, 0.25) is 5.76 Å². The van der Waals surface area contributed by atoms with Crippen molar-refractivity contribution < 1.29 is 23.5 Å². The zero-order valence-corrected chi connectivity index (χ0v) is 14.7. The second-order valence-electron chi connectivity index (χ2n) is 6.10. The van der Waals surface area contributed by atoms with E-state index in [9.17, 15) is 14.4 Å². The topological polar surface area (TPSA) is 88.8 Å². The number of ether oxygens (including phenoxy) is 1. The molecular formula is C19H20N2O5. The maximum Gasteiger partial charge on any atom is 0.373 e. The Morgan fingerprint density at radius 2 is 1.92 bits per heavy atom. The number of hydrogen-bond acceptors (Lipinski definition) is 5. The molecule has 0 spiro atoms. The highest BCUT2D eigenvalue weighted by molar-refractivity contribution is 6.07. The van der Waals surface area contributed by atoms with Crippen LogP contribution < -0.4 is 5.32 Å². The summed E-state index contributed by atoms with van der Waals surface area (Å²) >= 11 is 0. The van der Waals surface area contributed by atoms with Gasteiger partial charge in [-0.2, -0.15) is 0 Å². The maximum absolute atomic E-state index is 13.1. The molecule has 0 unspecified atom stereocenters. The fraction of sp³-hybridized carbons (Fsp3) is 0.316. The lowest BCUT2D eigenvalue weighted by Crippen LogP contribution is -2.43. The SMILES string of the molecule is CCC[C@]1(c2ccccc2)NC(=O)N(Cc2ccc(C(=O)OC)o2)C1=O. The number of nitrogens with one attached hydrogen (secondary N) is 1. The standard InChI is InChI=1S/C19H20N2O5/c1-3-11-19(13-7-5-4-6-8-13)17(23)21(18(24)20-19)12-14-9-10-15(26-14)16(22)25-2/h4-10H,3,11-12H2,1-2H3,(H,20,24)/t19-/m1/s1. The molecule has 2 heterocycles. The lowest BCUT2D eigenvalue weighted by molar-refractivity contribution is -0.132. The summed E-state index contributed by atoms with van der Waals surface area (Å²) in [5, 5.41) is 2.85. The monoisotopic (exact) mass is 356 g/mol. The highest BCUT2D eigenvalue weighted by Gasteiger charge is 2.51. The second-order valence-corrected chi connectivity index (χ2v) is 6.10. The summed E-state index contributed by atoms with van der Waals surface area (Å²) in [7, 11) is 1.25. The fourth-order valence-corrected chi connectivity index (χ4v) is 3.21. The number of esters is 1. The van der Waals surface area contributed by atoms with Crippen LogP contribution in [0.25, 0.3) is 0 Å². The molecule has 7 nitrogen and oxygen atoms in total. The number of rotatable bonds is 6. The highest BCUT2D eigenvalue weighted by atomic mass is 16.5. The van der Waals surface area contributed by atoms with Crippen molar-refractivity contribution in [1.29, 1.82) is 0 Å². The zero-order valence-electron chi connectivity index (χ0n) is 14.7. The summed E-state index contributed by atoms with van der Waals surface area (Å²) in [6.07, 6.45) is 1.21. The van der Waals surface area contributed by atoms with Crippen LogP contribution in [-0.2, 0) is 21.6 Å². The highest BCUT2D eigenvalue weighted by Crippen LogP contribution is 2.34. The van der Waals surface area contributed by atoms with Crippen LogP contribution >= 0.6 is 0 Å². The molecule has 1 N–H and O–H groups in total. The summed E-state index contributed by atoms with van der Waals surface area (Å²) in [6.45, 7) is 1.90. The number of urea groups is 1. The van der Waals surface area contributed by atoms with E-state index < -0.39 is 17.5 Å². The van der Waals surface area contributed by atoms with Gasteiger partial charge in [0.25, 0.3) is 5.91 Å². The molecule has 26 heavy (non-hydrogen) atoms. The van der Waals surface area contributed by atoms with Gasteiger partial charge in [0, 0.05) is 0 Å². The first-order valence-corrected chi connectivity index (χ1v) is 8.38. The Balaban J connectivity index is 1.88. The van der Waals surface area contributed by atoms with Crippen LogP contribution in [-0.4, -0.2) is 29.9 Å². The normalized spacial score (nSPS) is 19.5. The molecule has 1 atom stereocenters. The number of imide groups is 1. The van der Waals surface area contributed by atoms with Gasteiger partial charge in [-0.3, -0.25) is 9.69 Å². The van der Waals surface area contributed by atoms with E-state index in [-0.39, 0.29) is 18.2 Å². The zero-order chi connectivity index (χ0) is 18.7. The molecule has 3 amide bonds. The van der Waals surface area contributed by atoms with Gasteiger partial charge in [0.1, 0.15) is 11.3 Å². The molecule has 1 fully saturated rings. The van der Waals surface area contributed by atoms with Crippen molar-refractivity contribution >= 4 is 17.9 Å². The van der Waals surface area contributed by atoms with E-state index in [2.05, 4.69) is 10.1 Å². The van der Waals surface area contributed by atoms with Gasteiger partial charge in [0.15, 0.2) is 0 Å². The number of carbonyl (C=O) groups excluding carboxylic acids is 3. The Morgan fingerprint density at radius 1 is 1.19 bits per heavy atom. The largest absolute Gasteiger partial charge is 0.463 e. The third-order valence-electron chi connectivity index (χ3n) is 4.43. The van der Waals surface area contributed by atoms with Gasteiger partial charge in [-0.25, -0.2) is 9.59 Å². The van der Waals surface area contributed by atoms with Crippen molar-refractivity contribution in [2.24, 2.45) is 0 Å². The number of carbonyl (C=O) groups is 3. The summed E-state index contributed by atoms with van der Waals surface area (Å²) in [5.41, 5.74) is -0.331. The summed E-state index contributed by atoms with van der Waals surface area (Å²) in [5.74, 6) is -0.587. The lowest BCUT2D eigenvalue weighted by atomic mass is 9.85. The Bertz CT molecular complexity index is 829. The Hall–Kier alpha value is -3.09. The van der Waals surface area contributed by atoms with Crippen LogP contribution in [0, 0.1) is 0 Å². The van der Waals surface area contributed by atoms with Crippen LogP contribution in [0.5, 0.6) is 0 Å². The smallest absolute Gasteiger partial charge is 0.373 e. The average Bonchev–Trinajstić information content (AvgIpc) is 3.22. The van der Waals surface area contributed by atoms with Crippen molar-refractivity contribution in [3.63, 3.8) is 0 Å². The van der Waals surface area contributed by atoms with E-state index in [0.717, 1.165) is 16.9 Å². The molecule has 1 aromatic heterocycles. The number of hydrogen-bond donors (Lipinski definition) is 1. The molecule has 136 valence electrons. The van der Waals surface area contributed by atoms with Crippen LogP contribution in [0.15, 0.2) is 46.9 Å². The maximum atomic E-state index is 13.1. The van der Waals surface area contributed by atoms with Crippen molar-refractivity contribution in [3.05, 3.63) is 59.5 Å². The van der Waals surface area contributed by atoms with Gasteiger partial charge < -0.3 is 14.5 Å². The van der Waals surface area contributed by atoms with Gasteiger partial charge in [-0.05, 0) is 24.1 Å². The second kappa shape index (κ2) is 7.03. The van der Waals surface area contributed by atoms with Gasteiger partial charge in [0.05, 0.1) is 13.7 Å². The predicted molar refractivity (Wildman–Crippen MR) is 92.2 cm³/mol. The summed E-state index contributed by atoms with van der Waals surface area (Å²) in [6, 6.07) is 11.7. The van der Waals surface area contributed by atoms with Crippen molar-refractivity contribution in [2.75, 3.05) is 7.11 Å². The molecule has 1 saturated heterocycles. The van der Waals surface area contributed by atoms with E-state index in [4.69, 9.17) is 4.42 Å². The Morgan fingerprint density at radius 3 is 2.58 bits per heavy atom. The van der Waals surface area contributed by atoms with Crippen LogP contribution in [0.3, 0.4) is 0 Å². The van der Waals surface area contributed by atoms with Gasteiger partial charge in [-0.15, -0.1) is 0 Å². The van der Waals surface area contributed by atoms with Crippen LogP contribution in [0.2, 0.25) is 0 Å². The van der Waals surface area contributed by atoms with E-state index in [1.165, 1.54) is 13.2 Å². The van der Waals surface area contributed by atoms with Gasteiger partial charge >= 0.3 is 12.0 Å². The number of benzene rings is 1. The third-order valence-corrected chi connectivity index (χ3v) is 4.43. The van der Waals surface area contributed by atoms with Gasteiger partial charge in [-0.1, -0.05) is 43.7 Å². The average molecular weight is 356 g/mol. The number of nitrogens with zero attached hydrogens (tertiary/aromatic N) is 1. The van der Waals surface area contributed by atoms with E-state index in [0.29, 0.717) is 12.2 Å². The molecule has 0 aliphatic carbocycles. The first-order chi connectivity index (χ1) is 12.5. The van der Waals surface area contributed by atoms with Crippen molar-refractivity contribution in [1.82, 2.24) is 10.2 Å². The lowest BCUT2D eigenvalue weighted by Gasteiger charge is -2.26. The van der Waals surface area contributed by atoms with E-state index in [1.807, 2.05) is 37.3 Å². The van der Waals surface area contributed by atoms with E-state index >= 15 is 0 Å². The minimum Gasteiger partial charge on any atom is -0.463 e. The minimum absolute atomic E-state index is 0.0254. The third kappa shape index (κ3) is 2.96. The molecule has 0 bridgehead atoms. The summed E-state index contributed by atoms with van der Waals surface area (Å²) < 4.78 is 9.97. The summed E-state index contributed by atoms with van der Waals surface area (Å²) in [4.78, 5) is 38.3. The molecule has 0 saturated carbocycles. The van der Waals surface area contributed by atoms with Crippen molar-refractivity contribution in [2.45, 2.75) is 31.8 Å². The first-order valence-electron chi connectivity index (χ1n) is 8.38. The quantitative estimate of drug-likeness (QED) is 0.635. The molecule has 3 rings (SSSR count). The van der Waals surface area contributed by atoms with Crippen LogP contribution in [0.4, 0.5) is 4.79 Å². The van der Waals surface area contributed by atoms with Crippen molar-refractivity contribution in [3.8, 4) is 0 Å².